The van der Waals surface area contributed by atoms with E-state index in [9.17, 15) is 4.79 Å². The monoisotopic (exact) mass is 370 g/mol. The van der Waals surface area contributed by atoms with Gasteiger partial charge in [0.15, 0.2) is 0 Å². The maximum atomic E-state index is 12.6. The van der Waals surface area contributed by atoms with Crippen molar-refractivity contribution in [2.24, 2.45) is 11.1 Å². The molecule has 0 bridgehead atoms. The Kier molecular flexibility index (Phi) is 6.23. The third-order valence-electron chi connectivity index (χ3n) is 4.28. The van der Waals surface area contributed by atoms with Crippen LogP contribution in [0.25, 0.3) is 5.69 Å². The number of carbonyl (C=O) groups excluding carboxylic acids is 1. The zero-order chi connectivity index (χ0) is 16.3. The minimum atomic E-state index is -0.564. The van der Waals surface area contributed by atoms with Crippen molar-refractivity contribution in [1.29, 1.82) is 0 Å². The smallest absolute Gasteiger partial charge is 0.232 e. The summed E-state index contributed by atoms with van der Waals surface area (Å²) in [6.07, 6.45) is 4.76. The number of benzene rings is 1. The lowest BCUT2D eigenvalue weighted by atomic mass is 9.79. The maximum absolute atomic E-state index is 12.6. The molecule has 1 aromatic heterocycles. The first kappa shape index (κ1) is 18.7. The van der Waals surface area contributed by atoms with Crippen molar-refractivity contribution in [3.8, 4) is 5.69 Å². The van der Waals surface area contributed by atoms with Crippen molar-refractivity contribution in [1.82, 2.24) is 9.78 Å². The Morgan fingerprint density at radius 3 is 2.75 bits per heavy atom. The van der Waals surface area contributed by atoms with E-state index < -0.39 is 5.41 Å². The Morgan fingerprint density at radius 2 is 2.17 bits per heavy atom. The third-order valence-corrected chi connectivity index (χ3v) is 4.58. The zero-order valence-corrected chi connectivity index (χ0v) is 14.6. The molecule has 0 atom stereocenters. The average Bonchev–Trinajstić information content (AvgIpc) is 3.09. The number of hydrogen-bond acceptors (Lipinski definition) is 4. The van der Waals surface area contributed by atoms with Crippen LogP contribution in [0.2, 0.25) is 5.02 Å². The first-order chi connectivity index (χ1) is 11.1. The van der Waals surface area contributed by atoms with Gasteiger partial charge >= 0.3 is 0 Å². The number of nitrogens with two attached hydrogens (primary N) is 1. The van der Waals surface area contributed by atoms with Crippen LogP contribution in [0, 0.1) is 5.41 Å². The van der Waals surface area contributed by atoms with Crippen LogP contribution in [0.1, 0.15) is 12.8 Å². The van der Waals surface area contributed by atoms with E-state index in [2.05, 4.69) is 10.4 Å². The minimum Gasteiger partial charge on any atom is -0.381 e. The van der Waals surface area contributed by atoms with E-state index in [4.69, 9.17) is 22.1 Å². The lowest BCUT2D eigenvalue weighted by Crippen LogP contribution is -2.46. The van der Waals surface area contributed by atoms with E-state index in [0.29, 0.717) is 43.3 Å². The summed E-state index contributed by atoms with van der Waals surface area (Å²) in [6, 6.07) is 7.18. The highest BCUT2D eigenvalue weighted by Gasteiger charge is 2.38. The van der Waals surface area contributed by atoms with E-state index in [0.717, 1.165) is 5.69 Å². The number of rotatable bonds is 4. The predicted octanol–water partition coefficient (Wildman–Crippen LogP) is 2.64. The summed E-state index contributed by atoms with van der Waals surface area (Å²) >= 11 is 6.30. The quantitative estimate of drug-likeness (QED) is 0.866. The molecule has 0 spiro atoms. The van der Waals surface area contributed by atoms with E-state index in [1.54, 1.807) is 16.9 Å². The molecule has 0 aliphatic carbocycles. The van der Waals surface area contributed by atoms with E-state index in [-0.39, 0.29) is 18.3 Å². The fourth-order valence-corrected chi connectivity index (χ4v) is 3.00. The van der Waals surface area contributed by atoms with Gasteiger partial charge in [0.25, 0.3) is 0 Å². The topological polar surface area (TPSA) is 82.2 Å². The summed E-state index contributed by atoms with van der Waals surface area (Å²) in [4.78, 5) is 12.6. The van der Waals surface area contributed by atoms with Crippen LogP contribution >= 0.6 is 24.0 Å². The summed E-state index contributed by atoms with van der Waals surface area (Å²) < 4.78 is 7.01. The molecule has 0 unspecified atom stereocenters. The number of amides is 1. The van der Waals surface area contributed by atoms with Gasteiger partial charge in [0.1, 0.15) is 0 Å². The van der Waals surface area contributed by atoms with Crippen molar-refractivity contribution < 1.29 is 9.53 Å². The highest BCUT2D eigenvalue weighted by atomic mass is 35.5. The van der Waals surface area contributed by atoms with Crippen molar-refractivity contribution >= 4 is 35.6 Å². The van der Waals surface area contributed by atoms with E-state index in [1.165, 1.54) is 0 Å². The van der Waals surface area contributed by atoms with Crippen LogP contribution in [-0.2, 0) is 9.53 Å². The van der Waals surface area contributed by atoms with Crippen LogP contribution in [0.4, 0.5) is 5.69 Å². The van der Waals surface area contributed by atoms with Crippen LogP contribution < -0.4 is 11.1 Å². The summed E-state index contributed by atoms with van der Waals surface area (Å²) in [6.45, 7) is 1.43. The second kappa shape index (κ2) is 7.98. The number of nitrogens with one attached hydrogen (secondary N) is 1. The molecule has 130 valence electrons. The molecule has 1 amide bonds. The Morgan fingerprint density at radius 1 is 1.42 bits per heavy atom. The number of carbonyl (C=O) groups is 1. The molecule has 1 aromatic carbocycles. The van der Waals surface area contributed by atoms with Gasteiger partial charge in [0.2, 0.25) is 5.91 Å². The van der Waals surface area contributed by atoms with Gasteiger partial charge in [-0.2, -0.15) is 5.10 Å². The highest BCUT2D eigenvalue weighted by Crippen LogP contribution is 2.32. The molecule has 3 N–H and O–H groups in total. The second-order valence-corrected chi connectivity index (χ2v) is 6.07. The maximum Gasteiger partial charge on any atom is 0.232 e. The van der Waals surface area contributed by atoms with Crippen molar-refractivity contribution in [2.45, 2.75) is 12.8 Å². The number of anilines is 1. The Labute approximate surface area is 151 Å². The fraction of sp³-hybridized carbons (Fsp3) is 0.375. The standard InChI is InChI=1S/C16H19ClN4O2.ClH/c17-13-10-12(2-3-14(13)21-7-1-6-19-21)20-15(22)16(11-18)4-8-23-9-5-16;/h1-3,6-7,10H,4-5,8-9,11,18H2,(H,20,22);1H. The molecule has 2 aromatic rings. The van der Waals surface area contributed by atoms with Crippen LogP contribution in [-0.4, -0.2) is 35.4 Å². The first-order valence-electron chi connectivity index (χ1n) is 7.53. The number of nitrogens with zero attached hydrogens (tertiary/aromatic N) is 2. The van der Waals surface area contributed by atoms with E-state index in [1.807, 2.05) is 24.4 Å². The van der Waals surface area contributed by atoms with E-state index >= 15 is 0 Å². The van der Waals surface area contributed by atoms with Gasteiger partial charge in [-0.15, -0.1) is 12.4 Å². The third kappa shape index (κ3) is 3.72. The van der Waals surface area contributed by atoms with Crippen molar-refractivity contribution in [3.63, 3.8) is 0 Å². The van der Waals surface area contributed by atoms with Crippen molar-refractivity contribution in [3.05, 3.63) is 41.7 Å². The number of aromatic nitrogens is 2. The van der Waals surface area contributed by atoms with Gasteiger partial charge in [-0.1, -0.05) is 11.6 Å². The molecule has 2 heterocycles. The molecule has 0 radical (unpaired) electrons. The molecule has 6 nitrogen and oxygen atoms in total. The van der Waals surface area contributed by atoms with Gasteiger partial charge in [-0.3, -0.25) is 4.79 Å². The molecule has 1 aliphatic heterocycles. The molecular formula is C16H20Cl2N4O2. The Balaban J connectivity index is 0.00000208. The van der Waals surface area contributed by atoms with Gasteiger partial charge in [0.05, 0.1) is 16.1 Å². The largest absolute Gasteiger partial charge is 0.381 e. The highest BCUT2D eigenvalue weighted by molar-refractivity contribution is 6.32. The van der Waals surface area contributed by atoms with Gasteiger partial charge in [-0.25, -0.2) is 4.68 Å². The lowest BCUT2D eigenvalue weighted by molar-refractivity contribution is -0.130. The van der Waals surface area contributed by atoms with Crippen molar-refractivity contribution in [2.75, 3.05) is 25.1 Å². The zero-order valence-electron chi connectivity index (χ0n) is 13.1. The number of ether oxygens (including phenoxy) is 1. The average molecular weight is 371 g/mol. The SMILES string of the molecule is Cl.NCC1(C(=O)Nc2ccc(-n3cccn3)c(Cl)c2)CCOCC1. The molecule has 1 aliphatic rings. The van der Waals surface area contributed by atoms with Gasteiger partial charge < -0.3 is 15.8 Å². The summed E-state index contributed by atoms with van der Waals surface area (Å²) in [7, 11) is 0. The molecule has 1 saturated heterocycles. The summed E-state index contributed by atoms with van der Waals surface area (Å²) in [5, 5.41) is 7.59. The minimum absolute atomic E-state index is 0. The molecule has 3 rings (SSSR count). The van der Waals surface area contributed by atoms with Gasteiger partial charge in [-0.05, 0) is 37.1 Å². The number of halogens is 2. The fourth-order valence-electron chi connectivity index (χ4n) is 2.73. The Bertz CT molecular complexity index is 685. The molecule has 24 heavy (non-hydrogen) atoms. The predicted molar refractivity (Wildman–Crippen MR) is 96.0 cm³/mol. The first-order valence-corrected chi connectivity index (χ1v) is 7.91. The lowest BCUT2D eigenvalue weighted by Gasteiger charge is -2.34. The van der Waals surface area contributed by atoms with Crippen LogP contribution in [0.15, 0.2) is 36.7 Å². The molecular weight excluding hydrogens is 351 g/mol. The summed E-state index contributed by atoms with van der Waals surface area (Å²) in [5.41, 5.74) is 6.70. The molecule has 8 heteroatoms. The molecule has 1 fully saturated rings. The number of hydrogen-bond donors (Lipinski definition) is 2. The second-order valence-electron chi connectivity index (χ2n) is 5.67. The molecule has 0 saturated carbocycles. The summed E-state index contributed by atoms with van der Waals surface area (Å²) in [5.74, 6) is -0.0776. The van der Waals surface area contributed by atoms with Gasteiger partial charge in [0, 0.05) is 37.8 Å². The van der Waals surface area contributed by atoms with Crippen LogP contribution in [0.3, 0.4) is 0 Å². The van der Waals surface area contributed by atoms with Crippen LogP contribution in [0.5, 0.6) is 0 Å². The Hall–Kier alpha value is -1.60. The normalized spacial score (nSPS) is 16.2.